The second-order valence-electron chi connectivity index (χ2n) is 3.21. The van der Waals surface area contributed by atoms with E-state index in [0.29, 0.717) is 10.2 Å². The highest BCUT2D eigenvalue weighted by molar-refractivity contribution is 6.33. The lowest BCUT2D eigenvalue weighted by Gasteiger charge is -2.04. The first kappa shape index (κ1) is 10.4. The van der Waals surface area contributed by atoms with E-state index in [1.165, 1.54) is 6.33 Å². The van der Waals surface area contributed by atoms with Gasteiger partial charge in [-0.15, -0.1) is 0 Å². The van der Waals surface area contributed by atoms with Gasteiger partial charge in [-0.25, -0.2) is 9.97 Å². The minimum absolute atomic E-state index is 0.414. The van der Waals surface area contributed by atoms with Crippen LogP contribution in [0.5, 0.6) is 0 Å². The van der Waals surface area contributed by atoms with E-state index in [1.54, 1.807) is 6.07 Å². The van der Waals surface area contributed by atoms with Crippen molar-refractivity contribution in [3.05, 3.63) is 46.3 Å². The summed E-state index contributed by atoms with van der Waals surface area (Å²) in [5.74, 6) is 0. The van der Waals surface area contributed by atoms with E-state index in [0.717, 1.165) is 16.8 Å². The molecule has 1 heterocycles. The lowest BCUT2D eigenvalue weighted by molar-refractivity contribution is 1.17. The minimum atomic E-state index is 0.414. The van der Waals surface area contributed by atoms with Crippen molar-refractivity contribution in [2.75, 3.05) is 0 Å². The molecule has 0 fully saturated rings. The molecule has 15 heavy (non-hydrogen) atoms. The molecule has 2 rings (SSSR count). The highest BCUT2D eigenvalue weighted by Gasteiger charge is 2.05. The van der Waals surface area contributed by atoms with Crippen molar-refractivity contribution >= 4 is 23.2 Å². The topological polar surface area (TPSA) is 25.8 Å². The average Bonchev–Trinajstić information content (AvgIpc) is 2.17. The maximum atomic E-state index is 6.11. The summed E-state index contributed by atoms with van der Waals surface area (Å²) in [7, 11) is 0. The molecule has 4 heteroatoms. The van der Waals surface area contributed by atoms with Gasteiger partial charge in [-0.05, 0) is 18.6 Å². The average molecular weight is 239 g/mol. The predicted octanol–water partition coefficient (Wildman–Crippen LogP) is 3.76. The summed E-state index contributed by atoms with van der Waals surface area (Å²) in [4.78, 5) is 7.94. The van der Waals surface area contributed by atoms with Gasteiger partial charge < -0.3 is 0 Å². The molecule has 0 saturated heterocycles. The molecule has 0 unspecified atom stereocenters. The quantitative estimate of drug-likeness (QED) is 0.708. The highest BCUT2D eigenvalue weighted by Crippen LogP contribution is 2.27. The zero-order valence-electron chi connectivity index (χ0n) is 8.04. The minimum Gasteiger partial charge on any atom is -0.236 e. The summed E-state index contributed by atoms with van der Waals surface area (Å²) in [5, 5.41) is 1.08. The van der Waals surface area contributed by atoms with Gasteiger partial charge in [0.2, 0.25) is 0 Å². The van der Waals surface area contributed by atoms with Crippen molar-refractivity contribution in [3.63, 3.8) is 0 Å². The second kappa shape index (κ2) is 4.17. The van der Waals surface area contributed by atoms with E-state index in [9.17, 15) is 0 Å². The molecule has 1 aromatic heterocycles. The number of aromatic nitrogens is 2. The number of nitrogens with zero attached hydrogens (tertiary/aromatic N) is 2. The Kier molecular flexibility index (Phi) is 2.89. The maximum Gasteiger partial charge on any atom is 0.133 e. The summed E-state index contributed by atoms with van der Waals surface area (Å²) in [6.07, 6.45) is 1.42. The molecular formula is C11H8Cl2N2. The molecule has 0 radical (unpaired) electrons. The standard InChI is InChI=1S/C11H8Cl2N2/c1-7-2-3-8(9(12)4-7)10-5-11(13)15-6-14-10/h2-6H,1H3. The lowest BCUT2D eigenvalue weighted by atomic mass is 10.1. The van der Waals surface area contributed by atoms with E-state index in [-0.39, 0.29) is 0 Å². The summed E-state index contributed by atoms with van der Waals surface area (Å²) in [6.45, 7) is 1.99. The van der Waals surface area contributed by atoms with Gasteiger partial charge >= 0.3 is 0 Å². The number of hydrogen-bond acceptors (Lipinski definition) is 2. The first-order chi connectivity index (χ1) is 7.16. The van der Waals surface area contributed by atoms with E-state index < -0.39 is 0 Å². The molecule has 76 valence electrons. The van der Waals surface area contributed by atoms with Crippen molar-refractivity contribution in [1.29, 1.82) is 0 Å². The van der Waals surface area contributed by atoms with Gasteiger partial charge in [0.25, 0.3) is 0 Å². The van der Waals surface area contributed by atoms with Crippen LogP contribution in [0.1, 0.15) is 5.56 Å². The van der Waals surface area contributed by atoms with Gasteiger partial charge in [0.05, 0.1) is 10.7 Å². The van der Waals surface area contributed by atoms with E-state index in [4.69, 9.17) is 23.2 Å². The van der Waals surface area contributed by atoms with Crippen LogP contribution >= 0.6 is 23.2 Å². The van der Waals surface area contributed by atoms with Crippen LogP contribution in [0.15, 0.2) is 30.6 Å². The van der Waals surface area contributed by atoms with E-state index in [1.807, 2.05) is 25.1 Å². The number of rotatable bonds is 1. The summed E-state index contributed by atoms with van der Waals surface area (Å²) >= 11 is 11.9. The molecule has 0 bridgehead atoms. The molecule has 2 aromatic rings. The smallest absolute Gasteiger partial charge is 0.133 e. The second-order valence-corrected chi connectivity index (χ2v) is 4.00. The van der Waals surface area contributed by atoms with Gasteiger partial charge in [0, 0.05) is 11.6 Å². The van der Waals surface area contributed by atoms with Gasteiger partial charge in [-0.3, -0.25) is 0 Å². The molecule has 1 aromatic carbocycles. The summed E-state index contributed by atoms with van der Waals surface area (Å²) < 4.78 is 0. The van der Waals surface area contributed by atoms with Crippen LogP contribution in [0, 0.1) is 6.92 Å². The maximum absolute atomic E-state index is 6.11. The number of halogens is 2. The third-order valence-electron chi connectivity index (χ3n) is 2.03. The Hall–Kier alpha value is -1.12. The van der Waals surface area contributed by atoms with Crippen LogP contribution in [0.4, 0.5) is 0 Å². The summed E-state index contributed by atoms with van der Waals surface area (Å²) in [5.41, 5.74) is 2.72. The normalized spacial score (nSPS) is 10.3. The van der Waals surface area contributed by atoms with E-state index >= 15 is 0 Å². The molecule has 0 amide bonds. The van der Waals surface area contributed by atoms with Crippen LogP contribution in [-0.2, 0) is 0 Å². The highest BCUT2D eigenvalue weighted by atomic mass is 35.5. The number of hydrogen-bond donors (Lipinski definition) is 0. The van der Waals surface area contributed by atoms with Crippen LogP contribution in [0.3, 0.4) is 0 Å². The van der Waals surface area contributed by atoms with Crippen LogP contribution < -0.4 is 0 Å². The summed E-state index contributed by atoms with van der Waals surface area (Å²) in [6, 6.07) is 7.50. The first-order valence-corrected chi connectivity index (χ1v) is 5.16. The van der Waals surface area contributed by atoms with Gasteiger partial charge in [-0.1, -0.05) is 35.3 Å². The Balaban J connectivity index is 2.54. The fourth-order valence-corrected chi connectivity index (χ4v) is 1.79. The van der Waals surface area contributed by atoms with Gasteiger partial charge in [-0.2, -0.15) is 0 Å². The zero-order valence-corrected chi connectivity index (χ0v) is 9.55. The molecule has 0 N–H and O–H groups in total. The molecule has 0 aliphatic carbocycles. The van der Waals surface area contributed by atoms with Crippen molar-refractivity contribution in [1.82, 2.24) is 9.97 Å². The van der Waals surface area contributed by atoms with Crippen LogP contribution in [-0.4, -0.2) is 9.97 Å². The third kappa shape index (κ3) is 2.28. The van der Waals surface area contributed by atoms with Crippen molar-refractivity contribution < 1.29 is 0 Å². The molecule has 2 nitrogen and oxygen atoms in total. The Bertz CT molecular complexity index is 498. The molecule has 0 aliphatic rings. The SMILES string of the molecule is Cc1ccc(-c2cc(Cl)ncn2)c(Cl)c1. The largest absolute Gasteiger partial charge is 0.236 e. The Morgan fingerprint density at radius 2 is 1.87 bits per heavy atom. The third-order valence-corrected chi connectivity index (χ3v) is 2.55. The zero-order chi connectivity index (χ0) is 10.8. The molecule has 0 saturated carbocycles. The Labute approximate surface area is 97.9 Å². The van der Waals surface area contributed by atoms with Crippen LogP contribution in [0.25, 0.3) is 11.3 Å². The van der Waals surface area contributed by atoms with Gasteiger partial charge in [0.1, 0.15) is 11.5 Å². The fraction of sp³-hybridized carbons (Fsp3) is 0.0909. The predicted molar refractivity (Wildman–Crippen MR) is 62.2 cm³/mol. The van der Waals surface area contributed by atoms with Gasteiger partial charge in [0.15, 0.2) is 0 Å². The first-order valence-electron chi connectivity index (χ1n) is 4.41. The Morgan fingerprint density at radius 3 is 2.53 bits per heavy atom. The fourth-order valence-electron chi connectivity index (χ4n) is 1.31. The Morgan fingerprint density at radius 1 is 1.07 bits per heavy atom. The number of benzene rings is 1. The molecule has 0 atom stereocenters. The molecule has 0 spiro atoms. The van der Waals surface area contributed by atoms with E-state index in [2.05, 4.69) is 9.97 Å². The molecule has 0 aliphatic heterocycles. The lowest BCUT2D eigenvalue weighted by Crippen LogP contribution is -1.87. The van der Waals surface area contributed by atoms with Crippen molar-refractivity contribution in [2.24, 2.45) is 0 Å². The van der Waals surface area contributed by atoms with Crippen molar-refractivity contribution in [3.8, 4) is 11.3 Å². The van der Waals surface area contributed by atoms with Crippen molar-refractivity contribution in [2.45, 2.75) is 6.92 Å². The monoisotopic (exact) mass is 238 g/mol. The van der Waals surface area contributed by atoms with Crippen LogP contribution in [0.2, 0.25) is 10.2 Å². The molecular weight excluding hydrogens is 231 g/mol. The number of aryl methyl sites for hydroxylation is 1.